The van der Waals surface area contributed by atoms with E-state index in [1.807, 2.05) is 17.9 Å². The minimum atomic E-state index is -0.00771. The number of aliphatic hydroxyl groups is 1. The van der Waals surface area contributed by atoms with Gasteiger partial charge in [-0.05, 0) is 12.8 Å². The third-order valence-corrected chi connectivity index (χ3v) is 3.55. The summed E-state index contributed by atoms with van der Waals surface area (Å²) in [6.45, 7) is 7.45. The monoisotopic (exact) mass is 252 g/mol. The van der Waals surface area contributed by atoms with Gasteiger partial charge in [0.25, 0.3) is 0 Å². The Morgan fingerprint density at radius 1 is 1.50 bits per heavy atom. The van der Waals surface area contributed by atoms with E-state index < -0.39 is 0 Å². The molecule has 2 heterocycles. The maximum absolute atomic E-state index is 9.52. The highest BCUT2D eigenvalue weighted by molar-refractivity contribution is 5.27. The van der Waals surface area contributed by atoms with Crippen molar-refractivity contribution in [3.63, 3.8) is 0 Å². The van der Waals surface area contributed by atoms with Crippen LogP contribution in [0.2, 0.25) is 0 Å². The molecular formula is C14H24N2O2. The number of aryl methyl sites for hydroxylation is 1. The van der Waals surface area contributed by atoms with E-state index in [0.29, 0.717) is 0 Å². The average Bonchev–Trinajstić information content (AvgIpc) is 2.71. The molecule has 102 valence electrons. The number of hydrogen-bond donors (Lipinski definition) is 1. The summed E-state index contributed by atoms with van der Waals surface area (Å²) < 4.78 is 7.75. The summed E-state index contributed by atoms with van der Waals surface area (Å²) >= 11 is 0. The van der Waals surface area contributed by atoms with E-state index in [-0.39, 0.29) is 24.0 Å². The molecule has 2 unspecified atom stereocenters. The Kier molecular flexibility index (Phi) is 3.78. The maximum atomic E-state index is 9.52. The molecule has 0 saturated carbocycles. The Balaban J connectivity index is 2.37. The Morgan fingerprint density at radius 3 is 2.83 bits per heavy atom. The molecule has 4 nitrogen and oxygen atoms in total. The van der Waals surface area contributed by atoms with Gasteiger partial charge in [-0.15, -0.1) is 0 Å². The van der Waals surface area contributed by atoms with Crippen molar-refractivity contribution in [1.29, 1.82) is 0 Å². The number of nitrogens with zero attached hydrogens (tertiary/aromatic N) is 2. The van der Waals surface area contributed by atoms with Crippen molar-refractivity contribution in [3.05, 3.63) is 17.5 Å². The normalized spacial score (nSPS) is 25.4. The van der Waals surface area contributed by atoms with Gasteiger partial charge in [0.1, 0.15) is 0 Å². The molecule has 0 bridgehead atoms. The molecule has 1 N–H and O–H groups in total. The zero-order valence-corrected chi connectivity index (χ0v) is 11.8. The smallest absolute Gasteiger partial charge is 0.0908 e. The second-order valence-electron chi connectivity index (χ2n) is 6.23. The first-order chi connectivity index (χ1) is 8.43. The molecule has 0 spiro atoms. The van der Waals surface area contributed by atoms with Crippen LogP contribution in [0.4, 0.5) is 0 Å². The van der Waals surface area contributed by atoms with E-state index in [9.17, 15) is 5.11 Å². The van der Waals surface area contributed by atoms with Crippen LogP contribution in [0.25, 0.3) is 0 Å². The molecule has 1 aromatic rings. The van der Waals surface area contributed by atoms with Crippen molar-refractivity contribution in [2.24, 2.45) is 13.0 Å². The van der Waals surface area contributed by atoms with Crippen molar-refractivity contribution in [3.8, 4) is 0 Å². The molecule has 1 aliphatic rings. The maximum Gasteiger partial charge on any atom is 0.0908 e. The molecule has 0 aliphatic carbocycles. The van der Waals surface area contributed by atoms with Gasteiger partial charge in [-0.1, -0.05) is 20.8 Å². The van der Waals surface area contributed by atoms with Crippen LogP contribution in [0.15, 0.2) is 6.20 Å². The van der Waals surface area contributed by atoms with E-state index in [1.165, 1.54) is 0 Å². The second-order valence-corrected chi connectivity index (χ2v) is 6.23. The second kappa shape index (κ2) is 5.02. The number of aromatic nitrogens is 2. The molecule has 1 fully saturated rings. The fourth-order valence-electron chi connectivity index (χ4n) is 2.67. The third kappa shape index (κ3) is 2.59. The molecule has 2 rings (SSSR count). The van der Waals surface area contributed by atoms with Gasteiger partial charge in [0.05, 0.1) is 11.8 Å². The summed E-state index contributed by atoms with van der Waals surface area (Å²) in [6, 6.07) is 0. The molecule has 0 amide bonds. The summed E-state index contributed by atoms with van der Waals surface area (Å²) in [6.07, 6.45) is 4.10. The lowest BCUT2D eigenvalue weighted by atomic mass is 9.83. The van der Waals surface area contributed by atoms with Crippen LogP contribution in [-0.4, -0.2) is 28.1 Å². The van der Waals surface area contributed by atoms with Crippen molar-refractivity contribution < 1.29 is 9.84 Å². The molecule has 1 saturated heterocycles. The minimum Gasteiger partial charge on any atom is -0.396 e. The minimum absolute atomic E-state index is 0.00257. The van der Waals surface area contributed by atoms with Crippen LogP contribution in [0.1, 0.15) is 51.0 Å². The number of ether oxygens (including phenoxy) is 1. The first-order valence-corrected chi connectivity index (χ1v) is 6.70. The highest BCUT2D eigenvalue weighted by Gasteiger charge is 2.33. The van der Waals surface area contributed by atoms with Crippen molar-refractivity contribution in [1.82, 2.24) is 9.78 Å². The Bertz CT molecular complexity index is 406. The predicted molar refractivity (Wildman–Crippen MR) is 70.4 cm³/mol. The lowest BCUT2D eigenvalue weighted by Gasteiger charge is -2.32. The molecule has 2 atom stereocenters. The van der Waals surface area contributed by atoms with Gasteiger partial charge in [-0.25, -0.2) is 0 Å². The summed E-state index contributed by atoms with van der Waals surface area (Å²) in [4.78, 5) is 0. The van der Waals surface area contributed by atoms with Crippen LogP contribution in [0.3, 0.4) is 0 Å². The Labute approximate surface area is 109 Å². The first-order valence-electron chi connectivity index (χ1n) is 6.70. The summed E-state index contributed by atoms with van der Waals surface area (Å²) in [5.41, 5.74) is 2.22. The van der Waals surface area contributed by atoms with E-state index in [4.69, 9.17) is 4.74 Å². The SMILES string of the molecule is Cn1cc(C2OCCCC2CO)c(C(C)(C)C)n1. The molecule has 18 heavy (non-hydrogen) atoms. The lowest BCUT2D eigenvalue weighted by Crippen LogP contribution is -2.27. The lowest BCUT2D eigenvalue weighted by molar-refractivity contribution is -0.0465. The topological polar surface area (TPSA) is 47.3 Å². The summed E-state index contributed by atoms with van der Waals surface area (Å²) in [7, 11) is 1.94. The van der Waals surface area contributed by atoms with Crippen LogP contribution < -0.4 is 0 Å². The standard InChI is InChI=1S/C14H24N2O2/c1-14(2,3)13-11(8-16(4)15-13)12-10(9-17)6-5-7-18-12/h8,10,12,17H,5-7,9H2,1-4H3. The van der Waals surface area contributed by atoms with Gasteiger partial charge in [0, 0.05) is 43.4 Å². The van der Waals surface area contributed by atoms with Gasteiger partial charge in [0.2, 0.25) is 0 Å². The van der Waals surface area contributed by atoms with Crippen LogP contribution in [-0.2, 0) is 17.2 Å². The Hall–Kier alpha value is -0.870. The van der Waals surface area contributed by atoms with Gasteiger partial charge in [-0.2, -0.15) is 5.10 Å². The van der Waals surface area contributed by atoms with Crippen molar-refractivity contribution >= 4 is 0 Å². The van der Waals surface area contributed by atoms with Crippen LogP contribution in [0, 0.1) is 5.92 Å². The van der Waals surface area contributed by atoms with Crippen LogP contribution in [0.5, 0.6) is 0 Å². The zero-order chi connectivity index (χ0) is 13.3. The molecular weight excluding hydrogens is 228 g/mol. The predicted octanol–water partition coefficient (Wildman–Crippen LogP) is 2.18. The van der Waals surface area contributed by atoms with E-state index in [0.717, 1.165) is 30.7 Å². The van der Waals surface area contributed by atoms with Crippen molar-refractivity contribution in [2.75, 3.05) is 13.2 Å². The molecule has 1 aromatic heterocycles. The highest BCUT2D eigenvalue weighted by Crippen LogP contribution is 2.38. The van der Waals surface area contributed by atoms with Gasteiger partial charge in [-0.3, -0.25) is 4.68 Å². The quantitative estimate of drug-likeness (QED) is 0.877. The number of aliphatic hydroxyl groups excluding tert-OH is 1. The van der Waals surface area contributed by atoms with Crippen molar-refractivity contribution in [2.45, 2.75) is 45.1 Å². The van der Waals surface area contributed by atoms with E-state index in [1.54, 1.807) is 0 Å². The van der Waals surface area contributed by atoms with Gasteiger partial charge >= 0.3 is 0 Å². The molecule has 0 radical (unpaired) electrons. The zero-order valence-electron chi connectivity index (χ0n) is 11.8. The molecule has 4 heteroatoms. The average molecular weight is 252 g/mol. The van der Waals surface area contributed by atoms with E-state index >= 15 is 0 Å². The van der Waals surface area contributed by atoms with Crippen LogP contribution >= 0.6 is 0 Å². The molecule has 0 aromatic carbocycles. The van der Waals surface area contributed by atoms with E-state index in [2.05, 4.69) is 25.9 Å². The summed E-state index contributed by atoms with van der Waals surface area (Å²) in [5.74, 6) is 0.198. The first kappa shape index (κ1) is 13.6. The third-order valence-electron chi connectivity index (χ3n) is 3.55. The fraction of sp³-hybridized carbons (Fsp3) is 0.786. The fourth-order valence-corrected chi connectivity index (χ4v) is 2.67. The Morgan fingerprint density at radius 2 is 2.22 bits per heavy atom. The van der Waals surface area contributed by atoms with Gasteiger partial charge < -0.3 is 9.84 Å². The molecule has 1 aliphatic heterocycles. The summed E-state index contributed by atoms with van der Waals surface area (Å²) in [5, 5.41) is 14.1. The number of rotatable bonds is 2. The largest absolute Gasteiger partial charge is 0.396 e. The van der Waals surface area contributed by atoms with Gasteiger partial charge in [0.15, 0.2) is 0 Å². The number of hydrogen-bond acceptors (Lipinski definition) is 3. The highest BCUT2D eigenvalue weighted by atomic mass is 16.5.